The highest BCUT2D eigenvalue weighted by Crippen LogP contribution is 2.23. The van der Waals surface area contributed by atoms with Crippen LogP contribution in [0.15, 0.2) is 41.3 Å². The maximum atomic E-state index is 13.5. The van der Waals surface area contributed by atoms with Crippen LogP contribution in [0.5, 0.6) is 0 Å². The Kier molecular flexibility index (Phi) is 4.19. The Morgan fingerprint density at radius 3 is 2.29 bits per heavy atom. The van der Waals surface area contributed by atoms with Crippen LogP contribution in [-0.2, 0) is 16.6 Å². The fourth-order valence-electron chi connectivity index (χ4n) is 1.74. The number of anilines is 1. The van der Waals surface area contributed by atoms with E-state index in [1.807, 2.05) is 4.72 Å². The number of nitrogens with one attached hydrogen (secondary N) is 1. The van der Waals surface area contributed by atoms with Crippen molar-refractivity contribution in [3.63, 3.8) is 0 Å². The number of halogens is 3. The number of hydrogen-bond acceptors (Lipinski definition) is 3. The highest BCUT2D eigenvalue weighted by atomic mass is 32.2. The van der Waals surface area contributed by atoms with Crippen LogP contribution < -0.4 is 10.5 Å². The third-order valence-corrected chi connectivity index (χ3v) is 4.20. The van der Waals surface area contributed by atoms with Crippen molar-refractivity contribution in [2.45, 2.75) is 11.4 Å². The first-order chi connectivity index (χ1) is 9.85. The summed E-state index contributed by atoms with van der Waals surface area (Å²) in [5.74, 6) is -3.98. The highest BCUT2D eigenvalue weighted by molar-refractivity contribution is 7.92. The molecule has 0 aliphatic carbocycles. The summed E-state index contributed by atoms with van der Waals surface area (Å²) in [5.41, 5.74) is 5.07. The van der Waals surface area contributed by atoms with E-state index in [0.29, 0.717) is 11.6 Å². The van der Waals surface area contributed by atoms with Gasteiger partial charge in [0, 0.05) is 18.7 Å². The molecule has 0 aliphatic rings. The minimum Gasteiger partial charge on any atom is -0.326 e. The molecule has 0 saturated heterocycles. The number of sulfonamides is 1. The molecule has 0 bridgehead atoms. The molecule has 0 radical (unpaired) electrons. The molecule has 0 heterocycles. The summed E-state index contributed by atoms with van der Waals surface area (Å²) in [4.78, 5) is -0.156. The number of nitrogens with two attached hydrogens (primary N) is 1. The lowest BCUT2D eigenvalue weighted by Crippen LogP contribution is -2.17. The van der Waals surface area contributed by atoms with Gasteiger partial charge in [-0.1, -0.05) is 18.2 Å². The summed E-state index contributed by atoms with van der Waals surface area (Å²) in [6.07, 6.45) is 0. The lowest BCUT2D eigenvalue weighted by atomic mass is 10.2. The zero-order valence-electron chi connectivity index (χ0n) is 10.6. The Bertz CT molecular complexity index is 779. The number of hydrogen-bond donors (Lipinski definition) is 2. The standard InChI is InChI=1S/C13H11F3N2O2S/c14-9-5-11(16)12(6-10(9)15)18-21(19,20)13-4-2-1-3-8(13)7-17/h1-6,18H,7,17H2. The fourth-order valence-corrected chi connectivity index (χ4v) is 3.05. The van der Waals surface area contributed by atoms with Crippen LogP contribution in [-0.4, -0.2) is 8.42 Å². The molecule has 0 spiro atoms. The van der Waals surface area contributed by atoms with Gasteiger partial charge in [0.25, 0.3) is 10.0 Å². The third kappa shape index (κ3) is 3.17. The van der Waals surface area contributed by atoms with E-state index in [-0.39, 0.29) is 17.5 Å². The number of rotatable bonds is 4. The topological polar surface area (TPSA) is 72.2 Å². The van der Waals surface area contributed by atoms with E-state index < -0.39 is 33.2 Å². The van der Waals surface area contributed by atoms with Gasteiger partial charge in [-0.25, -0.2) is 21.6 Å². The molecule has 0 amide bonds. The summed E-state index contributed by atoms with van der Waals surface area (Å²) in [7, 11) is -4.17. The molecule has 0 atom stereocenters. The second-order valence-electron chi connectivity index (χ2n) is 4.16. The predicted octanol–water partition coefficient (Wildman–Crippen LogP) is 2.36. The zero-order valence-corrected chi connectivity index (χ0v) is 11.4. The van der Waals surface area contributed by atoms with Crippen LogP contribution in [0.4, 0.5) is 18.9 Å². The van der Waals surface area contributed by atoms with E-state index in [9.17, 15) is 21.6 Å². The van der Waals surface area contributed by atoms with Gasteiger partial charge in [-0.15, -0.1) is 0 Å². The van der Waals surface area contributed by atoms with E-state index in [1.165, 1.54) is 18.2 Å². The highest BCUT2D eigenvalue weighted by Gasteiger charge is 2.20. The molecule has 0 fully saturated rings. The van der Waals surface area contributed by atoms with Gasteiger partial charge < -0.3 is 5.73 Å². The molecule has 0 aliphatic heterocycles. The van der Waals surface area contributed by atoms with Gasteiger partial charge in [-0.05, 0) is 11.6 Å². The number of benzene rings is 2. The summed E-state index contributed by atoms with van der Waals surface area (Å²) < 4.78 is 65.7. The molecule has 21 heavy (non-hydrogen) atoms. The van der Waals surface area contributed by atoms with E-state index >= 15 is 0 Å². The van der Waals surface area contributed by atoms with Gasteiger partial charge in [0.15, 0.2) is 11.6 Å². The van der Waals surface area contributed by atoms with Crippen molar-refractivity contribution in [3.8, 4) is 0 Å². The SMILES string of the molecule is NCc1ccccc1S(=O)(=O)Nc1cc(F)c(F)cc1F. The van der Waals surface area contributed by atoms with Crippen molar-refractivity contribution in [2.75, 3.05) is 4.72 Å². The lowest BCUT2D eigenvalue weighted by molar-refractivity contribution is 0.496. The van der Waals surface area contributed by atoms with Crippen LogP contribution in [0.2, 0.25) is 0 Å². The van der Waals surface area contributed by atoms with Crippen LogP contribution >= 0.6 is 0 Å². The van der Waals surface area contributed by atoms with Gasteiger partial charge >= 0.3 is 0 Å². The van der Waals surface area contributed by atoms with Crippen LogP contribution in [0.1, 0.15) is 5.56 Å². The molecule has 4 nitrogen and oxygen atoms in total. The second kappa shape index (κ2) is 5.74. The normalized spacial score (nSPS) is 11.4. The van der Waals surface area contributed by atoms with Crippen molar-refractivity contribution in [2.24, 2.45) is 5.73 Å². The Balaban J connectivity index is 2.45. The third-order valence-electron chi connectivity index (χ3n) is 2.74. The quantitative estimate of drug-likeness (QED) is 0.851. The van der Waals surface area contributed by atoms with Crippen LogP contribution in [0.3, 0.4) is 0 Å². The lowest BCUT2D eigenvalue weighted by Gasteiger charge is -2.12. The molecule has 0 aromatic heterocycles. The van der Waals surface area contributed by atoms with E-state index in [0.717, 1.165) is 0 Å². The van der Waals surface area contributed by atoms with E-state index in [1.54, 1.807) is 6.07 Å². The molecule has 3 N–H and O–H groups in total. The molecule has 2 aromatic rings. The molecule has 8 heteroatoms. The van der Waals surface area contributed by atoms with Crippen molar-refractivity contribution in [1.29, 1.82) is 0 Å². The molecule has 0 unspecified atom stereocenters. The summed E-state index contributed by atoms with van der Waals surface area (Å²) in [6, 6.07) is 6.54. The van der Waals surface area contributed by atoms with Crippen molar-refractivity contribution in [3.05, 3.63) is 59.4 Å². The maximum absolute atomic E-state index is 13.5. The second-order valence-corrected chi connectivity index (χ2v) is 5.81. The Morgan fingerprint density at radius 2 is 1.62 bits per heavy atom. The summed E-state index contributed by atoms with van der Waals surface area (Å²) in [5, 5.41) is 0. The Hall–Kier alpha value is -2.06. The summed E-state index contributed by atoms with van der Waals surface area (Å²) >= 11 is 0. The largest absolute Gasteiger partial charge is 0.326 e. The van der Waals surface area contributed by atoms with Gasteiger partial charge in [0.2, 0.25) is 0 Å². The first-order valence-electron chi connectivity index (χ1n) is 5.80. The summed E-state index contributed by atoms with van der Waals surface area (Å²) in [6.45, 7) is -0.0443. The molecule has 2 rings (SSSR count). The average molecular weight is 316 g/mol. The van der Waals surface area contributed by atoms with Gasteiger partial charge in [0.1, 0.15) is 5.82 Å². The van der Waals surface area contributed by atoms with Crippen molar-refractivity contribution < 1.29 is 21.6 Å². The average Bonchev–Trinajstić information content (AvgIpc) is 2.44. The Morgan fingerprint density at radius 1 is 1.00 bits per heavy atom. The van der Waals surface area contributed by atoms with Crippen molar-refractivity contribution in [1.82, 2.24) is 0 Å². The first-order valence-corrected chi connectivity index (χ1v) is 7.29. The van der Waals surface area contributed by atoms with Crippen LogP contribution in [0, 0.1) is 17.5 Å². The molecule has 112 valence electrons. The zero-order chi connectivity index (χ0) is 15.6. The minimum absolute atomic E-state index is 0.0443. The fraction of sp³-hybridized carbons (Fsp3) is 0.0769. The minimum atomic E-state index is -4.17. The molecular formula is C13H11F3N2O2S. The monoisotopic (exact) mass is 316 g/mol. The van der Waals surface area contributed by atoms with Gasteiger partial charge in [-0.2, -0.15) is 0 Å². The van der Waals surface area contributed by atoms with Gasteiger partial charge in [-0.3, -0.25) is 4.72 Å². The first kappa shape index (κ1) is 15.3. The van der Waals surface area contributed by atoms with Crippen LogP contribution in [0.25, 0.3) is 0 Å². The van der Waals surface area contributed by atoms with Gasteiger partial charge in [0.05, 0.1) is 10.6 Å². The molecular weight excluding hydrogens is 305 g/mol. The van der Waals surface area contributed by atoms with Crippen molar-refractivity contribution >= 4 is 15.7 Å². The smallest absolute Gasteiger partial charge is 0.262 e. The predicted molar refractivity (Wildman–Crippen MR) is 71.5 cm³/mol. The van der Waals surface area contributed by atoms with E-state index in [4.69, 9.17) is 5.73 Å². The molecule has 2 aromatic carbocycles. The molecule has 0 saturated carbocycles. The van der Waals surface area contributed by atoms with E-state index in [2.05, 4.69) is 0 Å². The maximum Gasteiger partial charge on any atom is 0.262 e. The Labute approximate surface area is 119 Å².